The predicted molar refractivity (Wildman–Crippen MR) is 73.1 cm³/mol. The molecular formula is C15H29NO. The molecule has 2 heteroatoms. The molecule has 0 radical (unpaired) electrons. The van der Waals surface area contributed by atoms with Crippen molar-refractivity contribution < 1.29 is 4.79 Å². The largest absolute Gasteiger partial charge is 0.297 e. The van der Waals surface area contributed by atoms with Crippen molar-refractivity contribution in [2.75, 3.05) is 7.05 Å². The fourth-order valence-electron chi connectivity index (χ4n) is 3.00. The van der Waals surface area contributed by atoms with Gasteiger partial charge in [-0.15, -0.1) is 0 Å². The zero-order valence-corrected chi connectivity index (χ0v) is 12.4. The fourth-order valence-corrected chi connectivity index (χ4v) is 3.00. The van der Waals surface area contributed by atoms with Crippen LogP contribution in [-0.2, 0) is 4.79 Å². The van der Waals surface area contributed by atoms with E-state index >= 15 is 0 Å². The second-order valence-corrected chi connectivity index (χ2v) is 6.78. The molecule has 1 fully saturated rings. The van der Waals surface area contributed by atoms with Crippen LogP contribution >= 0.6 is 0 Å². The molecule has 0 aromatic rings. The van der Waals surface area contributed by atoms with Crippen molar-refractivity contribution in [3.8, 4) is 0 Å². The second kappa shape index (κ2) is 5.51. The molecule has 0 N–H and O–H groups in total. The van der Waals surface area contributed by atoms with Gasteiger partial charge in [-0.1, -0.05) is 40.5 Å². The van der Waals surface area contributed by atoms with Crippen molar-refractivity contribution in [1.29, 1.82) is 0 Å². The zero-order chi connectivity index (χ0) is 13.2. The van der Waals surface area contributed by atoms with Gasteiger partial charge in [0.05, 0.1) is 6.04 Å². The van der Waals surface area contributed by atoms with E-state index in [0.717, 1.165) is 5.92 Å². The molecule has 1 aliphatic rings. The zero-order valence-electron chi connectivity index (χ0n) is 12.4. The first kappa shape index (κ1) is 14.7. The van der Waals surface area contributed by atoms with Crippen molar-refractivity contribution >= 4 is 5.78 Å². The molecule has 0 heterocycles. The average Bonchev–Trinajstić information content (AvgIpc) is 2.25. The van der Waals surface area contributed by atoms with Crippen molar-refractivity contribution in [3.05, 3.63) is 0 Å². The van der Waals surface area contributed by atoms with Gasteiger partial charge in [0.25, 0.3) is 0 Å². The van der Waals surface area contributed by atoms with Crippen molar-refractivity contribution in [1.82, 2.24) is 4.90 Å². The summed E-state index contributed by atoms with van der Waals surface area (Å²) >= 11 is 0. The molecule has 1 rings (SSSR count). The summed E-state index contributed by atoms with van der Waals surface area (Å²) in [4.78, 5) is 14.6. The van der Waals surface area contributed by atoms with Gasteiger partial charge in [-0.3, -0.25) is 9.69 Å². The first-order valence-corrected chi connectivity index (χ1v) is 7.01. The number of Topliss-reactive ketones (excluding diaryl/α,β-unsaturated/α-hetero) is 1. The van der Waals surface area contributed by atoms with Crippen LogP contribution < -0.4 is 0 Å². The second-order valence-electron chi connectivity index (χ2n) is 6.78. The fraction of sp³-hybridized carbons (Fsp3) is 0.933. The van der Waals surface area contributed by atoms with Crippen molar-refractivity contribution in [2.45, 2.75) is 72.4 Å². The molecule has 1 aliphatic carbocycles. The number of hydrogen-bond acceptors (Lipinski definition) is 2. The highest BCUT2D eigenvalue weighted by atomic mass is 16.1. The van der Waals surface area contributed by atoms with E-state index in [1.54, 1.807) is 0 Å². The van der Waals surface area contributed by atoms with E-state index < -0.39 is 0 Å². The summed E-state index contributed by atoms with van der Waals surface area (Å²) in [5.74, 6) is 1.08. The molecule has 2 nitrogen and oxygen atoms in total. The van der Waals surface area contributed by atoms with Crippen LogP contribution in [0, 0.1) is 11.3 Å². The Morgan fingerprint density at radius 1 is 1.24 bits per heavy atom. The highest BCUT2D eigenvalue weighted by molar-refractivity contribution is 5.88. The standard InChI is InChI=1S/C15H29NO/c1-11-9-7-8-10-13(11)16(6)12(2)14(17)15(3,4)5/h11-13H,7-10H2,1-6H3. The average molecular weight is 239 g/mol. The van der Waals surface area contributed by atoms with Crippen molar-refractivity contribution in [3.63, 3.8) is 0 Å². The van der Waals surface area contributed by atoms with E-state index in [0.29, 0.717) is 11.8 Å². The van der Waals surface area contributed by atoms with Gasteiger partial charge < -0.3 is 0 Å². The van der Waals surface area contributed by atoms with E-state index in [4.69, 9.17) is 0 Å². The van der Waals surface area contributed by atoms with Gasteiger partial charge in [-0.2, -0.15) is 0 Å². The van der Waals surface area contributed by atoms with Crippen LogP contribution in [0.2, 0.25) is 0 Å². The monoisotopic (exact) mass is 239 g/mol. The number of carbonyl (C=O) groups is 1. The molecule has 0 aromatic heterocycles. The molecule has 0 aliphatic heterocycles. The third kappa shape index (κ3) is 3.54. The Morgan fingerprint density at radius 3 is 2.24 bits per heavy atom. The molecule has 3 unspecified atom stereocenters. The number of nitrogens with zero attached hydrogens (tertiary/aromatic N) is 1. The Balaban J connectivity index is 2.68. The van der Waals surface area contributed by atoms with E-state index in [1.807, 2.05) is 20.8 Å². The molecule has 0 aromatic carbocycles. The maximum Gasteiger partial charge on any atom is 0.154 e. The highest BCUT2D eigenvalue weighted by Gasteiger charge is 2.34. The molecule has 3 atom stereocenters. The third-order valence-corrected chi connectivity index (χ3v) is 4.32. The van der Waals surface area contributed by atoms with E-state index in [2.05, 4.69) is 25.8 Å². The normalized spacial score (nSPS) is 28.2. The molecule has 0 bridgehead atoms. The Hall–Kier alpha value is -0.370. The summed E-state index contributed by atoms with van der Waals surface area (Å²) in [5.41, 5.74) is -0.231. The lowest BCUT2D eigenvalue weighted by Crippen LogP contribution is -2.49. The van der Waals surface area contributed by atoms with Gasteiger partial charge in [0.2, 0.25) is 0 Å². The third-order valence-electron chi connectivity index (χ3n) is 4.32. The maximum absolute atomic E-state index is 12.3. The number of carbonyl (C=O) groups excluding carboxylic acids is 1. The Labute approximate surface area is 107 Å². The van der Waals surface area contributed by atoms with Crippen LogP contribution in [-0.4, -0.2) is 29.8 Å². The lowest BCUT2D eigenvalue weighted by molar-refractivity contribution is -0.132. The van der Waals surface area contributed by atoms with Crippen LogP contribution in [0.4, 0.5) is 0 Å². The lowest BCUT2D eigenvalue weighted by Gasteiger charge is -2.40. The van der Waals surface area contributed by atoms with Crippen LogP contribution in [0.1, 0.15) is 60.3 Å². The van der Waals surface area contributed by atoms with E-state index in [-0.39, 0.29) is 11.5 Å². The van der Waals surface area contributed by atoms with Crippen molar-refractivity contribution in [2.24, 2.45) is 11.3 Å². The molecule has 17 heavy (non-hydrogen) atoms. The minimum atomic E-state index is -0.231. The summed E-state index contributed by atoms with van der Waals surface area (Å²) in [6, 6.07) is 0.630. The predicted octanol–water partition coefficient (Wildman–Crippen LogP) is 3.50. The quantitative estimate of drug-likeness (QED) is 0.751. The first-order valence-electron chi connectivity index (χ1n) is 7.01. The van der Waals surface area contributed by atoms with Gasteiger partial charge in [0, 0.05) is 11.5 Å². The topological polar surface area (TPSA) is 20.3 Å². The molecule has 0 saturated heterocycles. The van der Waals surface area contributed by atoms with Gasteiger partial charge in [-0.25, -0.2) is 0 Å². The van der Waals surface area contributed by atoms with Crippen LogP contribution in [0.15, 0.2) is 0 Å². The minimum absolute atomic E-state index is 0.0422. The van der Waals surface area contributed by atoms with Gasteiger partial charge in [0.15, 0.2) is 5.78 Å². The van der Waals surface area contributed by atoms with Crippen LogP contribution in [0.5, 0.6) is 0 Å². The number of likely N-dealkylation sites (N-methyl/N-ethyl adjacent to an activating group) is 1. The maximum atomic E-state index is 12.3. The SMILES string of the molecule is CC1CCCCC1N(C)C(C)C(=O)C(C)(C)C. The Morgan fingerprint density at radius 2 is 1.76 bits per heavy atom. The highest BCUT2D eigenvalue weighted by Crippen LogP contribution is 2.30. The lowest BCUT2D eigenvalue weighted by atomic mass is 9.82. The van der Waals surface area contributed by atoms with Gasteiger partial charge in [0.1, 0.15) is 0 Å². The summed E-state index contributed by atoms with van der Waals surface area (Å²) in [6.07, 6.45) is 5.23. The van der Waals surface area contributed by atoms with Crippen LogP contribution in [0.25, 0.3) is 0 Å². The number of ketones is 1. The van der Waals surface area contributed by atoms with Gasteiger partial charge in [-0.05, 0) is 32.7 Å². The van der Waals surface area contributed by atoms with E-state index in [9.17, 15) is 4.79 Å². The molecule has 100 valence electrons. The number of rotatable bonds is 3. The number of hydrogen-bond donors (Lipinski definition) is 0. The summed E-state index contributed by atoms with van der Waals surface area (Å²) in [7, 11) is 2.13. The minimum Gasteiger partial charge on any atom is -0.297 e. The Bertz CT molecular complexity index is 267. The van der Waals surface area contributed by atoms with Crippen LogP contribution in [0.3, 0.4) is 0 Å². The van der Waals surface area contributed by atoms with E-state index in [1.165, 1.54) is 25.7 Å². The molecule has 0 spiro atoms. The summed E-state index contributed by atoms with van der Waals surface area (Å²) in [6.45, 7) is 10.4. The first-order chi connectivity index (χ1) is 7.75. The Kier molecular flexibility index (Phi) is 4.77. The summed E-state index contributed by atoms with van der Waals surface area (Å²) in [5, 5.41) is 0. The molecule has 0 amide bonds. The molecular weight excluding hydrogens is 210 g/mol. The molecule has 1 saturated carbocycles. The summed E-state index contributed by atoms with van der Waals surface area (Å²) < 4.78 is 0. The smallest absolute Gasteiger partial charge is 0.154 e. The van der Waals surface area contributed by atoms with Gasteiger partial charge >= 0.3 is 0 Å².